The summed E-state index contributed by atoms with van der Waals surface area (Å²) in [5, 5.41) is 10.1. The van der Waals surface area contributed by atoms with Crippen LogP contribution in [0, 0.1) is 0 Å². The van der Waals surface area contributed by atoms with Crippen LogP contribution in [0.2, 0.25) is 0 Å². The maximum Gasteiger partial charge on any atom is 0.129 e. The molecule has 0 aliphatic heterocycles. The van der Waals surface area contributed by atoms with Gasteiger partial charge in [-0.2, -0.15) is 0 Å². The second-order valence-corrected chi connectivity index (χ2v) is 20.6. The molecule has 11 aromatic carbocycles. The van der Waals surface area contributed by atoms with Gasteiger partial charge in [0.15, 0.2) is 0 Å². The van der Waals surface area contributed by atoms with E-state index in [-0.39, 0.29) is 10.8 Å². The van der Waals surface area contributed by atoms with E-state index < -0.39 is 0 Å². The molecule has 0 atom stereocenters. The molecule has 0 fully saturated rings. The second kappa shape index (κ2) is 16.3. The number of benzene rings is 11. The number of anilines is 3. The van der Waals surface area contributed by atoms with Gasteiger partial charge in [0.1, 0.15) is 11.5 Å². The number of fused-ring (bicyclic) bond motifs is 3. The van der Waals surface area contributed by atoms with Crippen LogP contribution >= 0.6 is 0 Å². The van der Waals surface area contributed by atoms with Gasteiger partial charge in [-0.05, 0) is 149 Å². The topological polar surface area (TPSA) is 17.4 Å². The molecule has 0 saturated carbocycles. The van der Waals surface area contributed by atoms with Gasteiger partial charge in [-0.1, -0.05) is 181 Å². The van der Waals surface area contributed by atoms with E-state index in [1.54, 1.807) is 0 Å². The summed E-state index contributed by atoms with van der Waals surface area (Å²) in [4.78, 5) is 2.37. The van der Waals surface area contributed by atoms with E-state index >= 15 is 0 Å². The summed E-state index contributed by atoms with van der Waals surface area (Å²) in [7, 11) is 0. The monoisotopic (exact) mass is 890 g/mol. The Hall–Kier alpha value is -8.14. The molecule has 0 spiro atoms. The number of hydrogen-bond donors (Lipinski definition) is 0. The Morgan fingerprint density at radius 1 is 0.362 bits per heavy atom. The molecule has 1 heterocycles. The summed E-state index contributed by atoms with van der Waals surface area (Å²) >= 11 is 0. The maximum absolute atomic E-state index is 6.55. The smallest absolute Gasteiger partial charge is 0.129 e. The molecule has 0 radical (unpaired) electrons. The average Bonchev–Trinajstić information content (AvgIpc) is 3.70. The molecular formula is C66H54N2O. The Balaban J connectivity index is 0.864. The summed E-state index contributed by atoms with van der Waals surface area (Å²) in [6, 6.07) is 79.7. The van der Waals surface area contributed by atoms with E-state index in [1.807, 2.05) is 6.07 Å². The molecule has 0 saturated heterocycles. The zero-order valence-electron chi connectivity index (χ0n) is 40.1. The van der Waals surface area contributed by atoms with Crippen LogP contribution in [0.5, 0.6) is 11.5 Å². The van der Waals surface area contributed by atoms with E-state index in [9.17, 15) is 0 Å². The second-order valence-electron chi connectivity index (χ2n) is 20.6. The van der Waals surface area contributed by atoms with Gasteiger partial charge in [-0.25, -0.2) is 0 Å². The number of para-hydroxylation sites is 2. The van der Waals surface area contributed by atoms with Crippen LogP contribution in [-0.4, -0.2) is 4.57 Å². The quantitative estimate of drug-likeness (QED) is 0.141. The lowest BCUT2D eigenvalue weighted by molar-refractivity contribution is 0.482. The molecule has 334 valence electrons. The van der Waals surface area contributed by atoms with Crippen molar-refractivity contribution < 1.29 is 4.74 Å². The van der Waals surface area contributed by atoms with Crippen LogP contribution in [0.3, 0.4) is 0 Å². The third kappa shape index (κ3) is 7.46. The number of rotatable bonds is 8. The fourth-order valence-corrected chi connectivity index (χ4v) is 10.5. The predicted octanol–water partition coefficient (Wildman–Crippen LogP) is 18.9. The Morgan fingerprint density at radius 3 is 1.28 bits per heavy atom. The number of nitrogens with zero attached hydrogens (tertiary/aromatic N) is 2. The highest BCUT2D eigenvalue weighted by Gasteiger charge is 2.20. The highest BCUT2D eigenvalue weighted by molar-refractivity contribution is 6.27. The Bertz CT molecular complexity index is 3740. The van der Waals surface area contributed by atoms with Gasteiger partial charge < -0.3 is 14.2 Å². The highest BCUT2D eigenvalue weighted by Crippen LogP contribution is 2.44. The van der Waals surface area contributed by atoms with Crippen LogP contribution in [0.4, 0.5) is 17.1 Å². The molecule has 12 aromatic rings. The molecule has 1 aromatic heterocycles. The largest absolute Gasteiger partial charge is 0.457 e. The van der Waals surface area contributed by atoms with Gasteiger partial charge in [-0.15, -0.1) is 0 Å². The zero-order chi connectivity index (χ0) is 47.0. The summed E-state index contributed by atoms with van der Waals surface area (Å²) in [5.74, 6) is 1.59. The van der Waals surface area contributed by atoms with Gasteiger partial charge in [0, 0.05) is 39.6 Å². The molecule has 0 N–H and O–H groups in total. The van der Waals surface area contributed by atoms with Crippen LogP contribution in [-0.2, 0) is 10.8 Å². The molecule has 0 unspecified atom stereocenters. The van der Waals surface area contributed by atoms with Crippen molar-refractivity contribution in [1.82, 2.24) is 4.57 Å². The summed E-state index contributed by atoms with van der Waals surface area (Å²) < 4.78 is 8.87. The van der Waals surface area contributed by atoms with Crippen LogP contribution in [0.15, 0.2) is 218 Å². The first-order valence-electron chi connectivity index (χ1n) is 24.2. The Morgan fingerprint density at radius 2 is 0.797 bits per heavy atom. The third-order valence-corrected chi connectivity index (χ3v) is 14.1. The van der Waals surface area contributed by atoms with Crippen molar-refractivity contribution in [3.63, 3.8) is 0 Å². The van der Waals surface area contributed by atoms with Crippen LogP contribution < -0.4 is 9.64 Å². The number of hydrogen-bond acceptors (Lipinski definition) is 2. The minimum Gasteiger partial charge on any atom is -0.457 e. The van der Waals surface area contributed by atoms with Crippen LogP contribution in [0.25, 0.3) is 82.1 Å². The van der Waals surface area contributed by atoms with E-state index in [2.05, 4.69) is 263 Å². The SMILES string of the molecule is CC(C)(C)c1ccc(N(c2ccc(-c3ccc4ccc5c(-c6ccc(Oc7cccc(-n8c9ccccc9c9ccccc98)c7)cc6)ccc6ccc3c4c65)cc2)c2ccc(C(C)(C)C)cc2)cc1. The normalized spacial score (nSPS) is 12.2. The standard InChI is InChI=1S/C66H54N2O/c1-65(2,3)47-26-32-50(33-27-47)67(51-34-28-48(29-35-51)66(4,5)6)49-30-18-43(19-31-49)55-38-22-45-25-41-60-56(39-23-46-24-40-59(55)63(45)64(46)60)44-20-36-53(37-21-44)69-54-13-11-12-52(42-54)68-61-16-9-7-14-57(61)58-15-8-10-17-62(58)68/h7-42H,1-6H3. The molecule has 0 aliphatic rings. The van der Waals surface area contributed by atoms with Gasteiger partial charge >= 0.3 is 0 Å². The summed E-state index contributed by atoms with van der Waals surface area (Å²) in [5.41, 5.74) is 14.4. The Labute approximate surface area is 404 Å². The lowest BCUT2D eigenvalue weighted by Crippen LogP contribution is -2.14. The van der Waals surface area contributed by atoms with Crippen molar-refractivity contribution in [1.29, 1.82) is 0 Å². The highest BCUT2D eigenvalue weighted by atomic mass is 16.5. The maximum atomic E-state index is 6.55. The first kappa shape index (κ1) is 42.2. The van der Waals surface area contributed by atoms with Crippen molar-refractivity contribution in [3.8, 4) is 39.4 Å². The van der Waals surface area contributed by atoms with Gasteiger partial charge in [-0.3, -0.25) is 0 Å². The van der Waals surface area contributed by atoms with Crippen molar-refractivity contribution in [2.24, 2.45) is 0 Å². The van der Waals surface area contributed by atoms with Gasteiger partial charge in [0.05, 0.1) is 11.0 Å². The Kier molecular flexibility index (Phi) is 9.97. The zero-order valence-corrected chi connectivity index (χ0v) is 40.1. The van der Waals surface area contributed by atoms with E-state index in [4.69, 9.17) is 4.74 Å². The number of aromatic nitrogens is 1. The van der Waals surface area contributed by atoms with E-state index in [1.165, 1.54) is 81.9 Å². The fourth-order valence-electron chi connectivity index (χ4n) is 10.5. The lowest BCUT2D eigenvalue weighted by atomic mass is 9.86. The molecule has 69 heavy (non-hydrogen) atoms. The average molecular weight is 891 g/mol. The number of ether oxygens (including phenoxy) is 1. The molecule has 0 aliphatic carbocycles. The van der Waals surface area contributed by atoms with Crippen molar-refractivity contribution in [2.45, 2.75) is 52.4 Å². The predicted molar refractivity (Wildman–Crippen MR) is 294 cm³/mol. The lowest BCUT2D eigenvalue weighted by Gasteiger charge is -2.28. The van der Waals surface area contributed by atoms with Crippen molar-refractivity contribution >= 4 is 71.2 Å². The molecule has 0 amide bonds. The van der Waals surface area contributed by atoms with Crippen molar-refractivity contribution in [2.75, 3.05) is 4.90 Å². The van der Waals surface area contributed by atoms with Crippen molar-refractivity contribution in [3.05, 3.63) is 230 Å². The summed E-state index contributed by atoms with van der Waals surface area (Å²) in [6.45, 7) is 13.6. The molecule has 12 rings (SSSR count). The molecule has 3 heteroatoms. The first-order chi connectivity index (χ1) is 33.5. The third-order valence-electron chi connectivity index (χ3n) is 14.1. The molecule has 0 bridgehead atoms. The first-order valence-corrected chi connectivity index (χ1v) is 24.2. The van der Waals surface area contributed by atoms with E-state index in [0.717, 1.165) is 39.8 Å². The fraction of sp³-hybridized carbons (Fsp3) is 0.121. The minimum absolute atomic E-state index is 0.0779. The van der Waals surface area contributed by atoms with Gasteiger partial charge in [0.25, 0.3) is 0 Å². The molecule has 3 nitrogen and oxygen atoms in total. The summed E-state index contributed by atoms with van der Waals surface area (Å²) in [6.07, 6.45) is 0. The minimum atomic E-state index is 0.0779. The van der Waals surface area contributed by atoms with Gasteiger partial charge in [0.2, 0.25) is 0 Å². The van der Waals surface area contributed by atoms with E-state index in [0.29, 0.717) is 0 Å². The van der Waals surface area contributed by atoms with Crippen LogP contribution in [0.1, 0.15) is 52.7 Å². The molecular weight excluding hydrogens is 837 g/mol.